The van der Waals surface area contributed by atoms with E-state index >= 15 is 0 Å². The molecule has 3 aromatic rings. The zero-order valence-electron chi connectivity index (χ0n) is 15.8. The second-order valence-corrected chi connectivity index (χ2v) is 7.38. The number of amides is 1. The van der Waals surface area contributed by atoms with Crippen LogP contribution in [0.4, 0.5) is 5.95 Å². The lowest BCUT2D eigenvalue weighted by atomic mass is 9.98. The van der Waals surface area contributed by atoms with Gasteiger partial charge < -0.3 is 5.32 Å². The van der Waals surface area contributed by atoms with Crippen molar-refractivity contribution in [2.75, 3.05) is 18.4 Å². The molecule has 0 radical (unpaired) electrons. The summed E-state index contributed by atoms with van der Waals surface area (Å²) in [6, 6.07) is 7.28. The van der Waals surface area contributed by atoms with E-state index in [0.717, 1.165) is 37.4 Å². The number of hydrogen-bond donors (Lipinski definition) is 2. The molecule has 0 atom stereocenters. The number of halogens is 1. The minimum atomic E-state index is -0.259. The number of carbonyl (C=O) groups excluding carboxylic acids is 1. The smallest absolute Gasteiger partial charge is 0.261 e. The van der Waals surface area contributed by atoms with E-state index in [1.54, 1.807) is 41.7 Å². The van der Waals surface area contributed by atoms with Gasteiger partial charge in [-0.2, -0.15) is 15.2 Å². The SMILES string of the molecule is Cc1nn(-c2ccc(Cl)cc2)cc1C(=O)Nc1nc(C2CCNCC2)nn1C. The van der Waals surface area contributed by atoms with Crippen LogP contribution in [0.3, 0.4) is 0 Å². The summed E-state index contributed by atoms with van der Waals surface area (Å²) in [5.74, 6) is 1.29. The number of benzene rings is 1. The van der Waals surface area contributed by atoms with Crippen LogP contribution in [0.25, 0.3) is 5.69 Å². The van der Waals surface area contributed by atoms with Crippen LogP contribution >= 0.6 is 11.6 Å². The molecule has 1 fully saturated rings. The van der Waals surface area contributed by atoms with Crippen molar-refractivity contribution in [3.63, 3.8) is 0 Å². The van der Waals surface area contributed by atoms with Crippen LogP contribution in [-0.4, -0.2) is 43.5 Å². The number of nitrogens with one attached hydrogen (secondary N) is 2. The Morgan fingerprint density at radius 1 is 1.21 bits per heavy atom. The minimum Gasteiger partial charge on any atom is -0.317 e. The van der Waals surface area contributed by atoms with Crippen molar-refractivity contribution in [3.8, 4) is 5.69 Å². The first-order chi connectivity index (χ1) is 13.5. The molecule has 146 valence electrons. The molecule has 1 aliphatic rings. The molecule has 2 aromatic heterocycles. The van der Waals surface area contributed by atoms with Gasteiger partial charge in [0.25, 0.3) is 5.91 Å². The van der Waals surface area contributed by atoms with Crippen LogP contribution in [0.1, 0.15) is 40.6 Å². The molecular formula is C19H22ClN7O. The topological polar surface area (TPSA) is 89.7 Å². The van der Waals surface area contributed by atoms with Crippen LogP contribution < -0.4 is 10.6 Å². The van der Waals surface area contributed by atoms with Gasteiger partial charge in [-0.1, -0.05) is 11.6 Å². The molecule has 1 aromatic carbocycles. The van der Waals surface area contributed by atoms with Gasteiger partial charge in [0, 0.05) is 24.2 Å². The van der Waals surface area contributed by atoms with Gasteiger partial charge in [-0.05, 0) is 57.1 Å². The van der Waals surface area contributed by atoms with Crippen LogP contribution in [0.5, 0.6) is 0 Å². The number of anilines is 1. The molecule has 1 aliphatic heterocycles. The molecule has 0 bridgehead atoms. The first-order valence-corrected chi connectivity index (χ1v) is 9.64. The fourth-order valence-corrected chi connectivity index (χ4v) is 3.47. The molecule has 28 heavy (non-hydrogen) atoms. The molecular weight excluding hydrogens is 378 g/mol. The zero-order valence-corrected chi connectivity index (χ0v) is 16.6. The number of carbonyl (C=O) groups is 1. The molecule has 9 heteroatoms. The highest BCUT2D eigenvalue weighted by atomic mass is 35.5. The van der Waals surface area contributed by atoms with Gasteiger partial charge in [0.1, 0.15) is 0 Å². The van der Waals surface area contributed by atoms with Crippen LogP contribution in [-0.2, 0) is 7.05 Å². The van der Waals surface area contributed by atoms with E-state index in [4.69, 9.17) is 11.6 Å². The van der Waals surface area contributed by atoms with Gasteiger partial charge in [0.2, 0.25) is 5.95 Å². The Hall–Kier alpha value is -2.71. The van der Waals surface area contributed by atoms with Gasteiger partial charge in [-0.25, -0.2) is 9.36 Å². The van der Waals surface area contributed by atoms with Crippen molar-refractivity contribution < 1.29 is 4.79 Å². The summed E-state index contributed by atoms with van der Waals surface area (Å²) >= 11 is 5.94. The molecule has 0 aliphatic carbocycles. The Bertz CT molecular complexity index is 986. The standard InChI is InChI=1S/C19H22ClN7O/c1-12-16(11-27(24-12)15-5-3-14(20)4-6-15)18(28)23-19-22-17(25-26(19)2)13-7-9-21-10-8-13/h3-6,11,13,21H,7-10H2,1-2H3,(H,22,23,25,28). The van der Waals surface area contributed by atoms with Crippen LogP contribution in [0.15, 0.2) is 30.5 Å². The van der Waals surface area contributed by atoms with Gasteiger partial charge in [0.05, 0.1) is 16.9 Å². The van der Waals surface area contributed by atoms with E-state index in [2.05, 4.69) is 25.8 Å². The quantitative estimate of drug-likeness (QED) is 0.704. The van der Waals surface area contributed by atoms with E-state index in [0.29, 0.717) is 28.1 Å². The Morgan fingerprint density at radius 3 is 2.64 bits per heavy atom. The van der Waals surface area contributed by atoms with Crippen LogP contribution in [0.2, 0.25) is 5.02 Å². The molecule has 2 N–H and O–H groups in total. The number of aryl methyl sites for hydroxylation is 2. The molecule has 0 spiro atoms. The minimum absolute atomic E-state index is 0.259. The molecule has 0 unspecified atom stereocenters. The van der Waals surface area contributed by atoms with E-state index in [1.807, 2.05) is 12.1 Å². The van der Waals surface area contributed by atoms with E-state index < -0.39 is 0 Å². The second kappa shape index (κ2) is 7.73. The summed E-state index contributed by atoms with van der Waals surface area (Å²) in [4.78, 5) is 17.3. The van der Waals surface area contributed by atoms with Crippen molar-refractivity contribution in [2.24, 2.45) is 7.05 Å². The Morgan fingerprint density at radius 2 is 1.93 bits per heavy atom. The third-order valence-electron chi connectivity index (χ3n) is 4.94. The lowest BCUT2D eigenvalue weighted by Gasteiger charge is -2.19. The summed E-state index contributed by atoms with van der Waals surface area (Å²) in [5.41, 5.74) is 1.95. The number of hydrogen-bond acceptors (Lipinski definition) is 5. The lowest BCUT2D eigenvalue weighted by molar-refractivity contribution is 0.102. The number of aromatic nitrogens is 5. The predicted molar refractivity (Wildman–Crippen MR) is 107 cm³/mol. The maximum absolute atomic E-state index is 12.8. The van der Waals surface area contributed by atoms with Gasteiger partial charge in [-0.3, -0.25) is 10.1 Å². The second-order valence-electron chi connectivity index (χ2n) is 6.94. The number of piperidine rings is 1. The highest BCUT2D eigenvalue weighted by molar-refractivity contribution is 6.30. The van der Waals surface area contributed by atoms with Crippen molar-refractivity contribution in [2.45, 2.75) is 25.7 Å². The molecule has 0 saturated carbocycles. The molecule has 1 amide bonds. The third kappa shape index (κ3) is 3.79. The molecule has 4 rings (SSSR count). The number of nitrogens with zero attached hydrogens (tertiary/aromatic N) is 5. The predicted octanol–water partition coefficient (Wildman–Crippen LogP) is 2.68. The first kappa shape index (κ1) is 18.6. The average molecular weight is 400 g/mol. The number of rotatable bonds is 4. The average Bonchev–Trinajstić information content (AvgIpc) is 3.26. The van der Waals surface area contributed by atoms with Gasteiger partial charge in [-0.15, -0.1) is 0 Å². The summed E-state index contributed by atoms with van der Waals surface area (Å²) < 4.78 is 3.28. The largest absolute Gasteiger partial charge is 0.317 e. The fraction of sp³-hybridized carbons (Fsp3) is 0.368. The Balaban J connectivity index is 1.52. The van der Waals surface area contributed by atoms with Crippen molar-refractivity contribution in [3.05, 3.63) is 52.6 Å². The van der Waals surface area contributed by atoms with Crippen molar-refractivity contribution >= 4 is 23.5 Å². The summed E-state index contributed by atoms with van der Waals surface area (Å²) in [6.45, 7) is 3.74. The zero-order chi connectivity index (χ0) is 19.7. The highest BCUT2D eigenvalue weighted by Crippen LogP contribution is 2.23. The monoisotopic (exact) mass is 399 g/mol. The van der Waals surface area contributed by atoms with Crippen molar-refractivity contribution in [1.82, 2.24) is 29.9 Å². The molecule has 8 nitrogen and oxygen atoms in total. The van der Waals surface area contributed by atoms with Crippen molar-refractivity contribution in [1.29, 1.82) is 0 Å². The third-order valence-corrected chi connectivity index (χ3v) is 5.20. The van der Waals surface area contributed by atoms with Gasteiger partial charge >= 0.3 is 0 Å². The molecule has 1 saturated heterocycles. The maximum Gasteiger partial charge on any atom is 0.261 e. The lowest BCUT2D eigenvalue weighted by Crippen LogP contribution is -2.27. The van der Waals surface area contributed by atoms with Gasteiger partial charge in [0.15, 0.2) is 5.82 Å². The van der Waals surface area contributed by atoms with E-state index in [-0.39, 0.29) is 5.91 Å². The summed E-state index contributed by atoms with van der Waals surface area (Å²) in [7, 11) is 1.79. The normalized spacial score (nSPS) is 15.0. The van der Waals surface area contributed by atoms with E-state index in [9.17, 15) is 4.79 Å². The van der Waals surface area contributed by atoms with E-state index in [1.165, 1.54) is 0 Å². The summed E-state index contributed by atoms with van der Waals surface area (Å²) in [6.07, 6.45) is 3.72. The highest BCUT2D eigenvalue weighted by Gasteiger charge is 2.22. The molecule has 3 heterocycles. The maximum atomic E-state index is 12.8. The fourth-order valence-electron chi connectivity index (χ4n) is 3.34. The van der Waals surface area contributed by atoms with Crippen LogP contribution in [0, 0.1) is 6.92 Å². The Kier molecular flexibility index (Phi) is 5.15. The Labute approximate surface area is 167 Å². The first-order valence-electron chi connectivity index (χ1n) is 9.26. The summed E-state index contributed by atoms with van der Waals surface area (Å²) in [5, 5.41) is 15.8.